The fourth-order valence-corrected chi connectivity index (χ4v) is 5.60. The second kappa shape index (κ2) is 11.9. The van der Waals surface area contributed by atoms with E-state index in [0.29, 0.717) is 16.4 Å². The summed E-state index contributed by atoms with van der Waals surface area (Å²) in [5, 5.41) is 13.5. The third-order valence-corrected chi connectivity index (χ3v) is 7.89. The van der Waals surface area contributed by atoms with Crippen LogP contribution in [-0.2, 0) is 5.75 Å². The van der Waals surface area contributed by atoms with Crippen molar-refractivity contribution in [2.24, 2.45) is 0 Å². The summed E-state index contributed by atoms with van der Waals surface area (Å²) in [5.74, 6) is 1.22. The highest BCUT2D eigenvalue weighted by molar-refractivity contribution is 7.98. The van der Waals surface area contributed by atoms with Crippen molar-refractivity contribution in [1.82, 2.24) is 20.1 Å². The molecule has 1 aromatic heterocycles. The number of carbonyl (C=O) groups excluding carboxylic acids is 1. The Kier molecular flexibility index (Phi) is 8.15. The Hall–Kier alpha value is -3.87. The molecule has 196 valence electrons. The first kappa shape index (κ1) is 26.7. The molecule has 0 spiro atoms. The van der Waals surface area contributed by atoms with Crippen LogP contribution < -0.4 is 5.32 Å². The number of hydrogen-bond acceptors (Lipinski definition) is 4. The first-order valence-electron chi connectivity index (χ1n) is 12.8. The van der Waals surface area contributed by atoms with Crippen molar-refractivity contribution in [3.8, 4) is 16.8 Å². The van der Waals surface area contributed by atoms with Gasteiger partial charge in [-0.1, -0.05) is 96.2 Å². The summed E-state index contributed by atoms with van der Waals surface area (Å²) in [6, 6.07) is 31.4. The predicted octanol–water partition coefficient (Wildman–Crippen LogP) is 7.99. The van der Waals surface area contributed by atoms with Gasteiger partial charge in [0.05, 0.1) is 11.7 Å². The second-order valence-electron chi connectivity index (χ2n) is 9.46. The zero-order valence-corrected chi connectivity index (χ0v) is 23.6. The lowest BCUT2D eigenvalue weighted by Crippen LogP contribution is -2.28. The Morgan fingerprint density at radius 1 is 0.872 bits per heavy atom. The summed E-state index contributed by atoms with van der Waals surface area (Å²) in [7, 11) is 0. The number of aromatic nitrogens is 3. The van der Waals surface area contributed by atoms with Crippen LogP contribution in [0.2, 0.25) is 5.02 Å². The molecule has 39 heavy (non-hydrogen) atoms. The van der Waals surface area contributed by atoms with Crippen molar-refractivity contribution in [3.05, 3.63) is 130 Å². The van der Waals surface area contributed by atoms with Crippen LogP contribution in [0.25, 0.3) is 16.8 Å². The maximum atomic E-state index is 13.2. The van der Waals surface area contributed by atoms with Crippen molar-refractivity contribution in [1.29, 1.82) is 0 Å². The molecule has 4 aromatic carbocycles. The number of rotatable bonds is 8. The third kappa shape index (κ3) is 6.08. The Bertz CT molecular complexity index is 1600. The first-order valence-corrected chi connectivity index (χ1v) is 14.1. The molecule has 5 rings (SSSR count). The largest absolute Gasteiger partial charge is 0.342 e. The number of nitrogens with zero attached hydrogens (tertiary/aromatic N) is 3. The fourth-order valence-electron chi connectivity index (χ4n) is 4.41. The van der Waals surface area contributed by atoms with Crippen molar-refractivity contribution in [2.75, 3.05) is 0 Å². The van der Waals surface area contributed by atoms with E-state index < -0.39 is 6.04 Å². The number of aryl methyl sites for hydroxylation is 2. The minimum atomic E-state index is -0.398. The number of benzene rings is 4. The van der Waals surface area contributed by atoms with Gasteiger partial charge in [0.1, 0.15) is 0 Å². The fraction of sp³-hybridized carbons (Fsp3) is 0.156. The summed E-state index contributed by atoms with van der Waals surface area (Å²) < 4.78 is 2.01. The highest BCUT2D eigenvalue weighted by Crippen LogP contribution is 2.31. The third-order valence-electron chi connectivity index (χ3n) is 6.68. The highest BCUT2D eigenvalue weighted by Gasteiger charge is 2.23. The molecular formula is C32H29ClN4OS. The molecule has 0 saturated carbocycles. The molecule has 0 bridgehead atoms. The summed E-state index contributed by atoms with van der Waals surface area (Å²) in [5.41, 5.74) is 7.15. The zero-order chi connectivity index (χ0) is 27.4. The first-order chi connectivity index (χ1) is 18.9. The van der Waals surface area contributed by atoms with Crippen LogP contribution in [0.3, 0.4) is 0 Å². The van der Waals surface area contributed by atoms with Gasteiger partial charge in [-0.2, -0.15) is 0 Å². The molecule has 0 fully saturated rings. The van der Waals surface area contributed by atoms with Crippen LogP contribution in [0.15, 0.2) is 102 Å². The van der Waals surface area contributed by atoms with E-state index in [4.69, 9.17) is 11.6 Å². The molecule has 5 aromatic rings. The van der Waals surface area contributed by atoms with Gasteiger partial charge >= 0.3 is 0 Å². The van der Waals surface area contributed by atoms with Crippen molar-refractivity contribution in [2.45, 2.75) is 37.7 Å². The Balaban J connectivity index is 1.41. The number of nitrogens with one attached hydrogen (secondary N) is 1. The molecule has 0 saturated heterocycles. The Morgan fingerprint density at radius 3 is 2.31 bits per heavy atom. The van der Waals surface area contributed by atoms with Gasteiger partial charge in [0.2, 0.25) is 0 Å². The minimum Gasteiger partial charge on any atom is -0.342 e. The molecule has 0 aliphatic rings. The van der Waals surface area contributed by atoms with Gasteiger partial charge in [-0.25, -0.2) is 0 Å². The molecular weight excluding hydrogens is 524 g/mol. The SMILES string of the molecule is Cc1ccccc1CSc1nnc(C(C)NC(=O)c2ccc(-c3ccccc3)cc2)n1-c1cc(Cl)ccc1C. The Labute approximate surface area is 238 Å². The van der Waals surface area contributed by atoms with E-state index >= 15 is 0 Å². The average molecular weight is 553 g/mol. The van der Waals surface area contributed by atoms with Gasteiger partial charge in [0, 0.05) is 16.3 Å². The van der Waals surface area contributed by atoms with E-state index in [1.165, 1.54) is 11.1 Å². The van der Waals surface area contributed by atoms with E-state index in [9.17, 15) is 4.79 Å². The minimum absolute atomic E-state index is 0.173. The van der Waals surface area contributed by atoms with E-state index in [0.717, 1.165) is 33.3 Å². The monoisotopic (exact) mass is 552 g/mol. The summed E-state index contributed by atoms with van der Waals surface area (Å²) in [6.07, 6.45) is 0. The number of thioether (sulfide) groups is 1. The van der Waals surface area contributed by atoms with Crippen LogP contribution in [0.4, 0.5) is 0 Å². The summed E-state index contributed by atoms with van der Waals surface area (Å²) >= 11 is 8.01. The highest BCUT2D eigenvalue weighted by atomic mass is 35.5. The number of carbonyl (C=O) groups is 1. The van der Waals surface area contributed by atoms with Crippen LogP contribution in [-0.4, -0.2) is 20.7 Å². The van der Waals surface area contributed by atoms with E-state index in [1.807, 2.05) is 91.2 Å². The van der Waals surface area contributed by atoms with Gasteiger partial charge in [0.15, 0.2) is 11.0 Å². The van der Waals surface area contributed by atoms with Crippen LogP contribution in [0, 0.1) is 13.8 Å². The molecule has 1 amide bonds. The van der Waals surface area contributed by atoms with Gasteiger partial charge in [-0.3, -0.25) is 9.36 Å². The number of hydrogen-bond donors (Lipinski definition) is 1. The maximum absolute atomic E-state index is 13.2. The summed E-state index contributed by atoms with van der Waals surface area (Å²) in [6.45, 7) is 6.06. The van der Waals surface area contributed by atoms with Gasteiger partial charge in [0.25, 0.3) is 5.91 Å². The lowest BCUT2D eigenvalue weighted by Gasteiger charge is -2.18. The lowest BCUT2D eigenvalue weighted by molar-refractivity contribution is 0.0938. The second-order valence-corrected chi connectivity index (χ2v) is 10.8. The van der Waals surface area contributed by atoms with Gasteiger partial charge in [-0.05, 0) is 72.9 Å². The van der Waals surface area contributed by atoms with Crippen molar-refractivity contribution >= 4 is 29.3 Å². The Morgan fingerprint density at radius 2 is 1.56 bits per heavy atom. The molecule has 1 N–H and O–H groups in total. The van der Waals surface area contributed by atoms with Gasteiger partial charge < -0.3 is 5.32 Å². The smallest absolute Gasteiger partial charge is 0.251 e. The predicted molar refractivity (Wildman–Crippen MR) is 160 cm³/mol. The van der Waals surface area contributed by atoms with Crippen molar-refractivity contribution < 1.29 is 4.79 Å². The van der Waals surface area contributed by atoms with Crippen LogP contribution in [0.1, 0.15) is 45.8 Å². The molecule has 0 aliphatic carbocycles. The summed E-state index contributed by atoms with van der Waals surface area (Å²) in [4.78, 5) is 13.2. The molecule has 7 heteroatoms. The van der Waals surface area contributed by atoms with E-state index in [1.54, 1.807) is 11.8 Å². The van der Waals surface area contributed by atoms with Gasteiger partial charge in [-0.15, -0.1) is 10.2 Å². The molecule has 1 heterocycles. The molecule has 0 aliphatic heterocycles. The van der Waals surface area contributed by atoms with Crippen LogP contribution in [0.5, 0.6) is 0 Å². The zero-order valence-electron chi connectivity index (χ0n) is 22.1. The van der Waals surface area contributed by atoms with E-state index in [2.05, 4.69) is 46.7 Å². The molecule has 1 unspecified atom stereocenters. The maximum Gasteiger partial charge on any atom is 0.251 e. The quantitative estimate of drug-likeness (QED) is 0.198. The van der Waals surface area contributed by atoms with E-state index in [-0.39, 0.29) is 5.91 Å². The molecule has 1 atom stereocenters. The molecule has 5 nitrogen and oxygen atoms in total. The normalized spacial score (nSPS) is 11.8. The number of halogens is 1. The lowest BCUT2D eigenvalue weighted by atomic mass is 10.0. The average Bonchev–Trinajstić information content (AvgIpc) is 3.38. The molecule has 0 radical (unpaired) electrons. The number of amides is 1. The topological polar surface area (TPSA) is 59.8 Å². The van der Waals surface area contributed by atoms with Crippen LogP contribution >= 0.6 is 23.4 Å². The standard InChI is InChI=1S/C32H29ClN4OS/c1-21-9-7-8-12-27(21)20-39-32-36-35-30(37(32)29-19-28(33)18-13-22(29)2)23(3)34-31(38)26-16-14-25(15-17-26)24-10-5-4-6-11-24/h4-19,23H,20H2,1-3H3,(H,34,38). The van der Waals surface area contributed by atoms with Crippen molar-refractivity contribution in [3.63, 3.8) is 0 Å².